The first-order valence-electron chi connectivity index (χ1n) is 10.6. The summed E-state index contributed by atoms with van der Waals surface area (Å²) < 4.78 is 45.9. The summed E-state index contributed by atoms with van der Waals surface area (Å²) in [7, 11) is 1.31. The van der Waals surface area contributed by atoms with Crippen LogP contribution in [0.5, 0.6) is 0 Å². The fourth-order valence-corrected chi connectivity index (χ4v) is 4.24. The maximum atomic E-state index is 13.1. The minimum atomic E-state index is -4.39. The van der Waals surface area contributed by atoms with Crippen molar-refractivity contribution in [1.29, 1.82) is 0 Å². The third-order valence-electron chi connectivity index (χ3n) is 5.53. The zero-order valence-electron chi connectivity index (χ0n) is 18.5. The highest BCUT2D eigenvalue weighted by Crippen LogP contribution is 2.30. The summed E-state index contributed by atoms with van der Waals surface area (Å²) in [5.41, 5.74) is 2.29. The van der Waals surface area contributed by atoms with Crippen LogP contribution in [0.2, 0.25) is 0 Å². The number of methoxy groups -OCH3 is 1. The first kappa shape index (κ1) is 24.5. The normalized spacial score (nSPS) is 11.5. The summed E-state index contributed by atoms with van der Waals surface area (Å²) in [6.45, 7) is 0.548. The van der Waals surface area contributed by atoms with Gasteiger partial charge in [-0.2, -0.15) is 13.2 Å². The highest BCUT2D eigenvalue weighted by atomic mass is 79.9. The lowest BCUT2D eigenvalue weighted by molar-refractivity contribution is -0.137. The van der Waals surface area contributed by atoms with Gasteiger partial charge in [0.25, 0.3) is 5.91 Å². The molecule has 1 heterocycles. The van der Waals surface area contributed by atoms with Gasteiger partial charge in [0.1, 0.15) is 0 Å². The molecule has 0 unspecified atom stereocenters. The number of esters is 1. The third-order valence-corrected chi connectivity index (χ3v) is 5.99. The van der Waals surface area contributed by atoms with Crippen LogP contribution in [0.4, 0.5) is 13.2 Å². The number of carbonyl (C=O) groups excluding carboxylic acids is 2. The van der Waals surface area contributed by atoms with Gasteiger partial charge in [-0.25, -0.2) is 4.79 Å². The third kappa shape index (κ3) is 5.57. The van der Waals surface area contributed by atoms with Crippen molar-refractivity contribution in [2.45, 2.75) is 19.3 Å². The lowest BCUT2D eigenvalue weighted by atomic mass is 10.1. The Morgan fingerprint density at radius 3 is 2.26 bits per heavy atom. The Balaban J connectivity index is 1.56. The van der Waals surface area contributed by atoms with E-state index in [2.05, 4.69) is 26.0 Å². The Morgan fingerprint density at radius 1 is 0.971 bits per heavy atom. The number of rotatable bonds is 6. The minimum absolute atomic E-state index is 0.244. The van der Waals surface area contributed by atoms with E-state index in [0.717, 1.165) is 27.6 Å². The first-order chi connectivity index (χ1) is 16.7. The average Bonchev–Trinajstić information content (AvgIpc) is 3.23. The van der Waals surface area contributed by atoms with Crippen LogP contribution in [0.3, 0.4) is 0 Å². The van der Waals surface area contributed by atoms with E-state index < -0.39 is 17.7 Å². The van der Waals surface area contributed by atoms with Crippen molar-refractivity contribution in [3.63, 3.8) is 0 Å². The summed E-state index contributed by atoms with van der Waals surface area (Å²) in [6.07, 6.45) is -2.59. The van der Waals surface area contributed by atoms with Gasteiger partial charge in [-0.15, -0.1) is 0 Å². The molecule has 0 spiro atoms. The first-order valence-corrected chi connectivity index (χ1v) is 11.3. The molecule has 9 heteroatoms. The molecule has 4 rings (SSSR count). The second-order valence-corrected chi connectivity index (χ2v) is 8.82. The van der Waals surface area contributed by atoms with Crippen molar-refractivity contribution < 1.29 is 27.5 Å². The average molecular weight is 545 g/mol. The predicted molar refractivity (Wildman–Crippen MR) is 129 cm³/mol. The zero-order chi connectivity index (χ0) is 25.2. The van der Waals surface area contributed by atoms with Crippen LogP contribution in [0.25, 0.3) is 10.9 Å². The monoisotopic (exact) mass is 544 g/mol. The highest BCUT2D eigenvalue weighted by Gasteiger charge is 2.30. The SMILES string of the molecule is COC(=O)c1ccc(CNC(=O)c2cc(Br)cc3ccn(Cc4ccc(C(F)(F)F)cc4)c23)cc1. The Hall–Kier alpha value is -3.59. The minimum Gasteiger partial charge on any atom is -0.465 e. The molecule has 0 aliphatic carbocycles. The van der Waals surface area contributed by atoms with Crippen LogP contribution in [0.1, 0.15) is 37.4 Å². The standard InChI is InChI=1S/C26H20BrF3N2O3/c1-35-25(34)18-6-2-16(3-7-18)14-31-24(33)22-13-21(27)12-19-10-11-32(23(19)22)15-17-4-8-20(9-5-17)26(28,29)30/h2-13H,14-15H2,1H3,(H,31,33). The van der Waals surface area contributed by atoms with Gasteiger partial charge in [-0.1, -0.05) is 40.2 Å². The quantitative estimate of drug-likeness (QED) is 0.294. The molecule has 0 fully saturated rings. The highest BCUT2D eigenvalue weighted by molar-refractivity contribution is 9.10. The van der Waals surface area contributed by atoms with Crippen LogP contribution < -0.4 is 5.32 Å². The van der Waals surface area contributed by atoms with E-state index in [1.54, 1.807) is 36.5 Å². The fraction of sp³-hybridized carbons (Fsp3) is 0.154. The van der Waals surface area contributed by atoms with Gasteiger partial charge in [0.15, 0.2) is 0 Å². The largest absolute Gasteiger partial charge is 0.465 e. The molecule has 5 nitrogen and oxygen atoms in total. The number of amides is 1. The molecule has 1 amide bonds. The second kappa shape index (κ2) is 9.95. The Morgan fingerprint density at radius 2 is 1.63 bits per heavy atom. The molecular weight excluding hydrogens is 525 g/mol. The van der Waals surface area contributed by atoms with Crippen molar-refractivity contribution >= 4 is 38.7 Å². The Kier molecular flexibility index (Phi) is 6.98. The van der Waals surface area contributed by atoms with Crippen LogP contribution >= 0.6 is 15.9 Å². The van der Waals surface area contributed by atoms with Crippen LogP contribution in [-0.4, -0.2) is 23.6 Å². The summed E-state index contributed by atoms with van der Waals surface area (Å²) in [5.74, 6) is -0.744. The molecule has 3 aromatic carbocycles. The number of ether oxygens (including phenoxy) is 1. The lowest BCUT2D eigenvalue weighted by Gasteiger charge is -2.13. The Labute approximate surface area is 207 Å². The molecule has 1 aromatic heterocycles. The summed E-state index contributed by atoms with van der Waals surface area (Å²) >= 11 is 3.44. The van der Waals surface area contributed by atoms with Crippen LogP contribution in [0, 0.1) is 0 Å². The molecular formula is C26H20BrF3N2O3. The zero-order valence-corrected chi connectivity index (χ0v) is 20.1. The van der Waals surface area contributed by atoms with Crippen molar-refractivity contribution in [3.8, 4) is 0 Å². The maximum absolute atomic E-state index is 13.1. The lowest BCUT2D eigenvalue weighted by Crippen LogP contribution is -2.23. The fourth-order valence-electron chi connectivity index (χ4n) is 3.77. The van der Waals surface area contributed by atoms with Crippen molar-refractivity contribution in [3.05, 3.63) is 105 Å². The second-order valence-electron chi connectivity index (χ2n) is 7.90. The number of alkyl halides is 3. The van der Waals surface area contributed by atoms with Gasteiger partial charge in [0, 0.05) is 29.1 Å². The molecule has 0 bridgehead atoms. The number of benzene rings is 3. The van der Waals surface area contributed by atoms with E-state index in [4.69, 9.17) is 0 Å². The van der Waals surface area contributed by atoms with Gasteiger partial charge in [-0.3, -0.25) is 4.79 Å². The Bertz CT molecular complexity index is 1380. The van der Waals surface area contributed by atoms with E-state index in [1.165, 1.54) is 19.2 Å². The van der Waals surface area contributed by atoms with Gasteiger partial charge in [0.2, 0.25) is 0 Å². The number of nitrogens with zero attached hydrogens (tertiary/aromatic N) is 1. The topological polar surface area (TPSA) is 60.3 Å². The molecule has 0 aliphatic rings. The molecule has 0 saturated carbocycles. The van der Waals surface area contributed by atoms with Crippen LogP contribution in [0.15, 0.2) is 77.4 Å². The number of hydrogen-bond donors (Lipinski definition) is 1. The molecule has 0 saturated heterocycles. The number of halogens is 4. The molecule has 4 aromatic rings. The predicted octanol–water partition coefficient (Wildman–Crippen LogP) is 6.19. The molecule has 1 N–H and O–H groups in total. The molecule has 180 valence electrons. The van der Waals surface area contributed by atoms with Crippen LogP contribution in [-0.2, 0) is 24.0 Å². The van der Waals surface area contributed by atoms with Gasteiger partial charge >= 0.3 is 12.1 Å². The molecule has 35 heavy (non-hydrogen) atoms. The number of nitrogens with one attached hydrogen (secondary N) is 1. The van der Waals surface area contributed by atoms with E-state index in [0.29, 0.717) is 28.8 Å². The van der Waals surface area contributed by atoms with Gasteiger partial charge < -0.3 is 14.6 Å². The van der Waals surface area contributed by atoms with E-state index in [9.17, 15) is 22.8 Å². The summed E-state index contributed by atoms with van der Waals surface area (Å²) in [6, 6.07) is 17.1. The molecule has 0 atom stereocenters. The maximum Gasteiger partial charge on any atom is 0.416 e. The number of fused-ring (bicyclic) bond motifs is 1. The van der Waals surface area contributed by atoms with E-state index in [1.807, 2.05) is 16.7 Å². The number of aromatic nitrogens is 1. The van der Waals surface area contributed by atoms with E-state index >= 15 is 0 Å². The van der Waals surface area contributed by atoms with Crippen molar-refractivity contribution in [1.82, 2.24) is 9.88 Å². The van der Waals surface area contributed by atoms with E-state index in [-0.39, 0.29) is 12.5 Å². The molecule has 0 radical (unpaired) electrons. The number of hydrogen-bond acceptors (Lipinski definition) is 3. The van der Waals surface area contributed by atoms with Gasteiger partial charge in [0.05, 0.1) is 29.3 Å². The summed E-state index contributed by atoms with van der Waals surface area (Å²) in [5, 5.41) is 3.71. The smallest absolute Gasteiger partial charge is 0.416 e. The molecule has 0 aliphatic heterocycles. The van der Waals surface area contributed by atoms with Gasteiger partial charge in [-0.05, 0) is 53.6 Å². The number of carbonyl (C=O) groups is 2. The van der Waals surface area contributed by atoms with Crippen molar-refractivity contribution in [2.24, 2.45) is 0 Å². The summed E-state index contributed by atoms with van der Waals surface area (Å²) in [4.78, 5) is 24.7. The van der Waals surface area contributed by atoms with Crippen molar-refractivity contribution in [2.75, 3.05) is 7.11 Å².